The number of carbonyl (C=O) groups is 2. The Morgan fingerprint density at radius 2 is 0.739 bits per heavy atom. The van der Waals surface area contributed by atoms with E-state index in [9.17, 15) is 9.59 Å². The van der Waals surface area contributed by atoms with Crippen LogP contribution in [0.15, 0.2) is 0 Å². The first-order valence-corrected chi connectivity index (χ1v) is 8.70. The van der Waals surface area contributed by atoms with Gasteiger partial charge >= 0.3 is 11.9 Å². The van der Waals surface area contributed by atoms with Gasteiger partial charge in [-0.1, -0.05) is 44.9 Å². The van der Waals surface area contributed by atoms with Crippen molar-refractivity contribution in [2.75, 3.05) is 13.2 Å². The zero-order chi connectivity index (χ0) is 17.8. The zero-order valence-corrected chi connectivity index (χ0v) is 14.2. The van der Waals surface area contributed by atoms with Gasteiger partial charge in [-0.2, -0.15) is 0 Å². The molecule has 0 bridgehead atoms. The summed E-state index contributed by atoms with van der Waals surface area (Å²) in [4.78, 5) is 20.2. The molecule has 0 rings (SSSR count). The van der Waals surface area contributed by atoms with E-state index in [1.165, 1.54) is 12.8 Å². The molecule has 0 unspecified atom stereocenters. The summed E-state index contributed by atoms with van der Waals surface area (Å²) in [6, 6.07) is 0. The van der Waals surface area contributed by atoms with Crippen LogP contribution in [0.4, 0.5) is 0 Å². The van der Waals surface area contributed by atoms with E-state index in [0.717, 1.165) is 44.9 Å². The van der Waals surface area contributed by atoms with Gasteiger partial charge in [-0.25, -0.2) is 0 Å². The molecule has 0 aliphatic rings. The maximum atomic E-state index is 10.1. The second-order valence-corrected chi connectivity index (χ2v) is 5.62. The van der Waals surface area contributed by atoms with Crippen molar-refractivity contribution in [2.24, 2.45) is 0 Å². The van der Waals surface area contributed by atoms with Crippen molar-refractivity contribution in [2.45, 2.75) is 83.5 Å². The van der Waals surface area contributed by atoms with Gasteiger partial charge < -0.3 is 20.4 Å². The van der Waals surface area contributed by atoms with E-state index in [0.29, 0.717) is 26.1 Å². The average molecular weight is 334 g/mol. The molecule has 0 fully saturated rings. The Morgan fingerprint density at radius 3 is 1.00 bits per heavy atom. The summed E-state index contributed by atoms with van der Waals surface area (Å²) < 4.78 is 0. The molecule has 0 amide bonds. The standard InChI is InChI=1S/C9H16O4.C8H18O2/c10-8(11)6-4-2-1-3-5-7-9(12)13;9-7-5-3-1-2-4-6-8-10/h1-7H2,(H,10,11)(H,12,13);9-10H,1-8H2. The lowest BCUT2D eigenvalue weighted by atomic mass is 10.1. The molecule has 0 heterocycles. The summed E-state index contributed by atoms with van der Waals surface area (Å²) in [7, 11) is 0. The van der Waals surface area contributed by atoms with Crippen LogP contribution in [0.5, 0.6) is 0 Å². The van der Waals surface area contributed by atoms with Gasteiger partial charge in [-0.15, -0.1) is 0 Å². The minimum Gasteiger partial charge on any atom is -0.481 e. The minimum absolute atomic E-state index is 0.221. The Balaban J connectivity index is 0. The fourth-order valence-electron chi connectivity index (χ4n) is 2.01. The van der Waals surface area contributed by atoms with E-state index in [1.54, 1.807) is 0 Å². The van der Waals surface area contributed by atoms with Gasteiger partial charge in [0, 0.05) is 26.1 Å². The molecular formula is C17H34O6. The summed E-state index contributed by atoms with van der Waals surface area (Å²) in [5, 5.41) is 33.5. The van der Waals surface area contributed by atoms with Crippen molar-refractivity contribution in [1.82, 2.24) is 0 Å². The highest BCUT2D eigenvalue weighted by Gasteiger charge is 1.98. The number of aliphatic hydroxyl groups excluding tert-OH is 2. The maximum absolute atomic E-state index is 10.1. The molecule has 0 saturated carbocycles. The summed E-state index contributed by atoms with van der Waals surface area (Å²) >= 11 is 0. The number of rotatable bonds is 15. The molecule has 138 valence electrons. The quantitative estimate of drug-likeness (QED) is 0.342. The molecule has 0 atom stereocenters. The summed E-state index contributed by atoms with van der Waals surface area (Å²) in [5.41, 5.74) is 0. The van der Waals surface area contributed by atoms with Crippen LogP contribution in [0.1, 0.15) is 83.5 Å². The number of aliphatic carboxylic acids is 2. The van der Waals surface area contributed by atoms with Crippen LogP contribution in [0.3, 0.4) is 0 Å². The lowest BCUT2D eigenvalue weighted by Gasteiger charge is -1.97. The molecule has 6 heteroatoms. The van der Waals surface area contributed by atoms with Crippen molar-refractivity contribution in [1.29, 1.82) is 0 Å². The Kier molecular flexibility index (Phi) is 21.9. The third-order valence-electron chi connectivity index (χ3n) is 3.35. The molecule has 0 aliphatic heterocycles. The van der Waals surface area contributed by atoms with E-state index in [1.807, 2.05) is 0 Å². The Bertz CT molecular complexity index is 242. The highest BCUT2D eigenvalue weighted by atomic mass is 16.4. The predicted molar refractivity (Wildman–Crippen MR) is 89.5 cm³/mol. The van der Waals surface area contributed by atoms with E-state index < -0.39 is 11.9 Å². The molecule has 0 saturated heterocycles. The molecule has 23 heavy (non-hydrogen) atoms. The number of hydrogen-bond acceptors (Lipinski definition) is 4. The van der Waals surface area contributed by atoms with Gasteiger partial charge in [-0.05, 0) is 25.7 Å². The first-order chi connectivity index (χ1) is 11.0. The van der Waals surface area contributed by atoms with Gasteiger partial charge in [-0.3, -0.25) is 9.59 Å². The Hall–Kier alpha value is -1.14. The SMILES string of the molecule is O=C(O)CCCCCCCC(=O)O.OCCCCCCCCO. The lowest BCUT2D eigenvalue weighted by Crippen LogP contribution is -1.95. The van der Waals surface area contributed by atoms with Crippen LogP contribution in [-0.2, 0) is 9.59 Å². The fraction of sp³-hybridized carbons (Fsp3) is 0.882. The number of carboxylic acids is 2. The highest BCUT2D eigenvalue weighted by molar-refractivity contribution is 5.66. The van der Waals surface area contributed by atoms with E-state index >= 15 is 0 Å². The molecule has 0 aliphatic carbocycles. The van der Waals surface area contributed by atoms with E-state index in [2.05, 4.69) is 0 Å². The minimum atomic E-state index is -0.759. The van der Waals surface area contributed by atoms with Crippen LogP contribution in [-0.4, -0.2) is 45.6 Å². The molecule has 4 N–H and O–H groups in total. The largest absolute Gasteiger partial charge is 0.481 e. The van der Waals surface area contributed by atoms with E-state index in [4.69, 9.17) is 20.4 Å². The van der Waals surface area contributed by atoms with Crippen molar-refractivity contribution < 1.29 is 30.0 Å². The smallest absolute Gasteiger partial charge is 0.303 e. The van der Waals surface area contributed by atoms with Gasteiger partial charge in [0.1, 0.15) is 0 Å². The first-order valence-electron chi connectivity index (χ1n) is 8.70. The van der Waals surface area contributed by atoms with Crippen molar-refractivity contribution in [3.05, 3.63) is 0 Å². The van der Waals surface area contributed by atoms with Crippen LogP contribution in [0.2, 0.25) is 0 Å². The van der Waals surface area contributed by atoms with E-state index in [-0.39, 0.29) is 12.8 Å². The summed E-state index contributed by atoms with van der Waals surface area (Å²) in [6.45, 7) is 0.639. The summed E-state index contributed by atoms with van der Waals surface area (Å²) in [6.07, 6.45) is 11.0. The molecule has 0 radical (unpaired) electrons. The monoisotopic (exact) mass is 334 g/mol. The third kappa shape index (κ3) is 29.5. The molecule has 6 nitrogen and oxygen atoms in total. The zero-order valence-electron chi connectivity index (χ0n) is 14.2. The van der Waals surface area contributed by atoms with Crippen LogP contribution in [0, 0.1) is 0 Å². The summed E-state index contributed by atoms with van der Waals surface area (Å²) in [5.74, 6) is -1.52. The molecule has 0 spiro atoms. The number of carboxylic acid groups (broad SMARTS) is 2. The van der Waals surface area contributed by atoms with Gasteiger partial charge in [0.15, 0.2) is 0 Å². The fourth-order valence-corrected chi connectivity index (χ4v) is 2.01. The maximum Gasteiger partial charge on any atom is 0.303 e. The number of aliphatic hydroxyl groups is 2. The van der Waals surface area contributed by atoms with Gasteiger partial charge in [0.25, 0.3) is 0 Å². The molecule has 0 aromatic carbocycles. The van der Waals surface area contributed by atoms with Gasteiger partial charge in [0.2, 0.25) is 0 Å². The normalized spacial score (nSPS) is 10.0. The molecule has 0 aromatic rings. The van der Waals surface area contributed by atoms with Crippen molar-refractivity contribution >= 4 is 11.9 Å². The first kappa shape index (κ1) is 24.1. The second kappa shape index (κ2) is 20.9. The second-order valence-electron chi connectivity index (χ2n) is 5.62. The van der Waals surface area contributed by atoms with Crippen LogP contribution >= 0.6 is 0 Å². The Labute approximate surface area is 139 Å². The molecule has 0 aromatic heterocycles. The van der Waals surface area contributed by atoms with Crippen LogP contribution < -0.4 is 0 Å². The molecular weight excluding hydrogens is 300 g/mol. The Morgan fingerprint density at radius 1 is 0.478 bits per heavy atom. The number of unbranched alkanes of at least 4 members (excludes halogenated alkanes) is 9. The average Bonchev–Trinajstić information content (AvgIpc) is 2.50. The highest BCUT2D eigenvalue weighted by Crippen LogP contribution is 2.07. The van der Waals surface area contributed by atoms with Crippen molar-refractivity contribution in [3.8, 4) is 0 Å². The third-order valence-corrected chi connectivity index (χ3v) is 3.35. The predicted octanol–water partition coefficient (Wildman–Crippen LogP) is 3.20. The van der Waals surface area contributed by atoms with Crippen molar-refractivity contribution in [3.63, 3.8) is 0 Å². The topological polar surface area (TPSA) is 115 Å². The lowest BCUT2D eigenvalue weighted by molar-refractivity contribution is -0.138. The van der Waals surface area contributed by atoms with Gasteiger partial charge in [0.05, 0.1) is 0 Å². The van der Waals surface area contributed by atoms with Crippen LogP contribution in [0.25, 0.3) is 0 Å². The number of hydrogen-bond donors (Lipinski definition) is 4.